The molecular formula is C28H19NO. The molecule has 0 spiro atoms. The number of hydrogen-bond acceptors (Lipinski definition) is 2. The van der Waals surface area contributed by atoms with Crippen LogP contribution in [0.4, 0.5) is 17.1 Å². The van der Waals surface area contributed by atoms with Crippen LogP contribution in [0.2, 0.25) is 0 Å². The smallest absolute Gasteiger partial charge is 0.159 e. The molecule has 6 aromatic rings. The van der Waals surface area contributed by atoms with Gasteiger partial charge in [-0.05, 0) is 47.2 Å². The van der Waals surface area contributed by atoms with Crippen LogP contribution in [0.3, 0.4) is 0 Å². The summed E-state index contributed by atoms with van der Waals surface area (Å²) in [5.74, 6) is 0. The van der Waals surface area contributed by atoms with Gasteiger partial charge in [0.05, 0.1) is 5.69 Å². The van der Waals surface area contributed by atoms with Gasteiger partial charge >= 0.3 is 0 Å². The molecule has 0 aliphatic heterocycles. The molecule has 0 bridgehead atoms. The molecule has 30 heavy (non-hydrogen) atoms. The summed E-state index contributed by atoms with van der Waals surface area (Å²) in [6.07, 6.45) is 0. The molecule has 5 aromatic carbocycles. The monoisotopic (exact) mass is 385 g/mol. The fourth-order valence-electron chi connectivity index (χ4n) is 4.31. The van der Waals surface area contributed by atoms with E-state index in [0.29, 0.717) is 0 Å². The zero-order valence-corrected chi connectivity index (χ0v) is 16.3. The van der Waals surface area contributed by atoms with E-state index in [2.05, 4.69) is 108 Å². The summed E-state index contributed by atoms with van der Waals surface area (Å²) in [6.45, 7) is 0. The lowest BCUT2D eigenvalue weighted by Crippen LogP contribution is -2.09. The highest BCUT2D eigenvalue weighted by atomic mass is 16.3. The quantitative estimate of drug-likeness (QED) is 0.305. The van der Waals surface area contributed by atoms with Gasteiger partial charge in [-0.2, -0.15) is 0 Å². The second kappa shape index (κ2) is 6.78. The zero-order valence-electron chi connectivity index (χ0n) is 16.3. The Morgan fingerprint density at radius 3 is 1.87 bits per heavy atom. The number of nitrogens with zero attached hydrogens (tertiary/aromatic N) is 1. The lowest BCUT2D eigenvalue weighted by atomic mass is 10.0. The van der Waals surface area contributed by atoms with Crippen molar-refractivity contribution in [2.45, 2.75) is 0 Å². The first-order valence-electron chi connectivity index (χ1n) is 10.1. The first kappa shape index (κ1) is 16.9. The van der Waals surface area contributed by atoms with Gasteiger partial charge < -0.3 is 9.32 Å². The minimum absolute atomic E-state index is 0.900. The van der Waals surface area contributed by atoms with Gasteiger partial charge in [-0.15, -0.1) is 0 Å². The van der Waals surface area contributed by atoms with Crippen LogP contribution < -0.4 is 4.90 Å². The summed E-state index contributed by atoms with van der Waals surface area (Å²) >= 11 is 0. The van der Waals surface area contributed by atoms with Crippen LogP contribution in [-0.4, -0.2) is 0 Å². The molecule has 0 radical (unpaired) electrons. The number of anilines is 3. The van der Waals surface area contributed by atoms with Crippen molar-refractivity contribution in [1.29, 1.82) is 0 Å². The van der Waals surface area contributed by atoms with Crippen LogP contribution in [0.5, 0.6) is 0 Å². The molecular weight excluding hydrogens is 366 g/mol. The van der Waals surface area contributed by atoms with Crippen molar-refractivity contribution in [2.75, 3.05) is 4.90 Å². The number of hydrogen-bond donors (Lipinski definition) is 0. The fourth-order valence-corrected chi connectivity index (χ4v) is 4.31. The predicted molar refractivity (Wildman–Crippen MR) is 126 cm³/mol. The lowest BCUT2D eigenvalue weighted by Gasteiger charge is -2.25. The van der Waals surface area contributed by atoms with Gasteiger partial charge in [0.2, 0.25) is 0 Å². The van der Waals surface area contributed by atoms with Gasteiger partial charge in [-0.3, -0.25) is 0 Å². The molecule has 2 heteroatoms. The van der Waals surface area contributed by atoms with Gasteiger partial charge in [0.1, 0.15) is 5.58 Å². The maximum Gasteiger partial charge on any atom is 0.159 e. The van der Waals surface area contributed by atoms with Crippen LogP contribution in [0.25, 0.3) is 32.7 Å². The molecule has 0 aliphatic rings. The third kappa shape index (κ3) is 2.58. The lowest BCUT2D eigenvalue weighted by molar-refractivity contribution is 0.669. The molecule has 0 fully saturated rings. The van der Waals surface area contributed by atoms with Crippen molar-refractivity contribution in [3.05, 3.63) is 115 Å². The highest BCUT2D eigenvalue weighted by Crippen LogP contribution is 2.43. The Bertz CT molecular complexity index is 1440. The Labute approximate surface area is 174 Å². The summed E-state index contributed by atoms with van der Waals surface area (Å²) in [5, 5.41) is 4.75. The van der Waals surface area contributed by atoms with Gasteiger partial charge in [0.25, 0.3) is 0 Å². The average molecular weight is 385 g/mol. The van der Waals surface area contributed by atoms with Crippen LogP contribution >= 0.6 is 0 Å². The average Bonchev–Trinajstić information content (AvgIpc) is 3.21. The second-order valence-electron chi connectivity index (χ2n) is 7.42. The Hall–Kier alpha value is -4.04. The van der Waals surface area contributed by atoms with E-state index in [4.69, 9.17) is 4.42 Å². The molecule has 0 saturated heterocycles. The standard InChI is InChI=1S/C28H19NO/c1-3-11-21(12-4-1)29(22-13-5-2-6-14-22)25-17-9-16-24-27-23-15-8-7-10-20(23)18-19-26(27)30-28(24)25/h1-19H. The van der Waals surface area contributed by atoms with E-state index in [1.807, 2.05) is 12.1 Å². The molecule has 1 heterocycles. The summed E-state index contributed by atoms with van der Waals surface area (Å²) in [6, 6.07) is 40.0. The van der Waals surface area contributed by atoms with Crippen molar-refractivity contribution in [2.24, 2.45) is 0 Å². The molecule has 0 amide bonds. The fraction of sp³-hybridized carbons (Fsp3) is 0. The third-order valence-corrected chi connectivity index (χ3v) is 5.64. The number of rotatable bonds is 3. The second-order valence-corrected chi connectivity index (χ2v) is 7.42. The first-order chi connectivity index (χ1) is 14.9. The summed E-state index contributed by atoms with van der Waals surface area (Å²) in [5.41, 5.74) is 5.04. The molecule has 0 aliphatic carbocycles. The molecule has 1 aromatic heterocycles. The van der Waals surface area contributed by atoms with Crippen LogP contribution in [-0.2, 0) is 0 Å². The normalized spacial score (nSPS) is 11.3. The molecule has 0 atom stereocenters. The zero-order chi connectivity index (χ0) is 19.9. The van der Waals surface area contributed by atoms with Crippen molar-refractivity contribution in [3.63, 3.8) is 0 Å². The predicted octanol–water partition coefficient (Wildman–Crippen LogP) is 8.21. The van der Waals surface area contributed by atoms with E-state index in [0.717, 1.165) is 33.6 Å². The van der Waals surface area contributed by atoms with E-state index in [9.17, 15) is 0 Å². The van der Waals surface area contributed by atoms with Gasteiger partial charge in [0, 0.05) is 22.1 Å². The Balaban J connectivity index is 1.69. The summed E-state index contributed by atoms with van der Waals surface area (Å²) < 4.78 is 6.47. The van der Waals surface area contributed by atoms with Crippen LogP contribution in [0.15, 0.2) is 120 Å². The summed E-state index contributed by atoms with van der Waals surface area (Å²) in [4.78, 5) is 2.26. The van der Waals surface area contributed by atoms with E-state index >= 15 is 0 Å². The van der Waals surface area contributed by atoms with Gasteiger partial charge in [-0.25, -0.2) is 0 Å². The van der Waals surface area contributed by atoms with Crippen molar-refractivity contribution in [1.82, 2.24) is 0 Å². The minimum Gasteiger partial charge on any atom is -0.454 e. The third-order valence-electron chi connectivity index (χ3n) is 5.64. The Morgan fingerprint density at radius 2 is 1.13 bits per heavy atom. The number of benzene rings is 5. The number of para-hydroxylation sites is 3. The minimum atomic E-state index is 0.900. The molecule has 0 unspecified atom stereocenters. The van der Waals surface area contributed by atoms with E-state index in [1.54, 1.807) is 0 Å². The van der Waals surface area contributed by atoms with E-state index in [1.165, 1.54) is 16.2 Å². The Kier molecular flexibility index (Phi) is 3.82. The van der Waals surface area contributed by atoms with Gasteiger partial charge in [-0.1, -0.05) is 78.9 Å². The first-order valence-corrected chi connectivity index (χ1v) is 10.1. The van der Waals surface area contributed by atoms with E-state index < -0.39 is 0 Å². The largest absolute Gasteiger partial charge is 0.454 e. The van der Waals surface area contributed by atoms with E-state index in [-0.39, 0.29) is 0 Å². The summed E-state index contributed by atoms with van der Waals surface area (Å²) in [7, 11) is 0. The highest BCUT2D eigenvalue weighted by molar-refractivity contribution is 6.20. The van der Waals surface area contributed by atoms with Crippen molar-refractivity contribution < 1.29 is 4.42 Å². The van der Waals surface area contributed by atoms with Crippen LogP contribution in [0, 0.1) is 0 Å². The van der Waals surface area contributed by atoms with Crippen molar-refractivity contribution >= 4 is 49.8 Å². The number of fused-ring (bicyclic) bond motifs is 5. The maximum atomic E-state index is 6.47. The molecule has 6 rings (SSSR count). The van der Waals surface area contributed by atoms with Crippen LogP contribution in [0.1, 0.15) is 0 Å². The maximum absolute atomic E-state index is 6.47. The van der Waals surface area contributed by atoms with Gasteiger partial charge in [0.15, 0.2) is 5.58 Å². The Morgan fingerprint density at radius 1 is 0.500 bits per heavy atom. The number of furan rings is 1. The molecule has 0 saturated carbocycles. The molecule has 142 valence electrons. The topological polar surface area (TPSA) is 16.4 Å². The SMILES string of the molecule is c1ccc(N(c2ccccc2)c2cccc3c2oc2ccc4ccccc4c23)cc1. The molecule has 2 nitrogen and oxygen atoms in total. The van der Waals surface area contributed by atoms with Crippen molar-refractivity contribution in [3.8, 4) is 0 Å². The molecule has 0 N–H and O–H groups in total. The highest BCUT2D eigenvalue weighted by Gasteiger charge is 2.19.